The van der Waals surface area contributed by atoms with Crippen molar-refractivity contribution < 1.29 is 18.7 Å². The first kappa shape index (κ1) is 25.1. The third-order valence-corrected chi connectivity index (χ3v) is 5.02. The Balaban J connectivity index is 0.00000341. The zero-order valence-corrected chi connectivity index (χ0v) is 20.9. The van der Waals surface area contributed by atoms with Crippen molar-refractivity contribution in [1.82, 2.24) is 20.3 Å². The molecule has 9 nitrogen and oxygen atoms in total. The van der Waals surface area contributed by atoms with Crippen molar-refractivity contribution in [2.45, 2.75) is 20.0 Å². The summed E-state index contributed by atoms with van der Waals surface area (Å²) in [6.07, 6.45) is 1.62. The van der Waals surface area contributed by atoms with E-state index in [9.17, 15) is 0 Å². The Morgan fingerprint density at radius 2 is 1.77 bits per heavy atom. The van der Waals surface area contributed by atoms with Gasteiger partial charge in [-0.1, -0.05) is 5.16 Å². The number of piperazine rings is 1. The lowest BCUT2D eigenvalue weighted by Crippen LogP contribution is -2.52. The maximum Gasteiger partial charge on any atom is 0.203 e. The van der Waals surface area contributed by atoms with Gasteiger partial charge in [0.15, 0.2) is 17.5 Å². The summed E-state index contributed by atoms with van der Waals surface area (Å²) in [7, 11) is 4.84. The van der Waals surface area contributed by atoms with Crippen molar-refractivity contribution in [2.24, 2.45) is 4.99 Å². The second-order valence-corrected chi connectivity index (χ2v) is 6.96. The molecule has 172 valence electrons. The Morgan fingerprint density at radius 3 is 2.29 bits per heavy atom. The van der Waals surface area contributed by atoms with Crippen LogP contribution in [0.2, 0.25) is 0 Å². The van der Waals surface area contributed by atoms with E-state index in [1.807, 2.05) is 18.2 Å². The van der Waals surface area contributed by atoms with Crippen molar-refractivity contribution in [1.29, 1.82) is 0 Å². The number of aliphatic imine (C=N–C) groups is 1. The minimum Gasteiger partial charge on any atom is -0.493 e. The summed E-state index contributed by atoms with van der Waals surface area (Å²) in [5.41, 5.74) is 1.95. The minimum absolute atomic E-state index is 0. The van der Waals surface area contributed by atoms with Crippen LogP contribution >= 0.6 is 24.0 Å². The molecule has 1 aromatic heterocycles. The van der Waals surface area contributed by atoms with Gasteiger partial charge in [0.2, 0.25) is 5.75 Å². The summed E-state index contributed by atoms with van der Waals surface area (Å²) < 4.78 is 21.2. The smallest absolute Gasteiger partial charge is 0.203 e. The monoisotopic (exact) mass is 545 g/mol. The predicted molar refractivity (Wildman–Crippen MR) is 130 cm³/mol. The first-order valence-electron chi connectivity index (χ1n) is 10.1. The molecule has 31 heavy (non-hydrogen) atoms. The van der Waals surface area contributed by atoms with Gasteiger partial charge in [-0.2, -0.15) is 0 Å². The Hall–Kier alpha value is -2.21. The first-order valence-corrected chi connectivity index (χ1v) is 10.1. The summed E-state index contributed by atoms with van der Waals surface area (Å²) in [5.74, 6) is 2.76. The summed E-state index contributed by atoms with van der Waals surface area (Å²) in [6, 6.07) is 5.78. The second kappa shape index (κ2) is 12.6. The van der Waals surface area contributed by atoms with Gasteiger partial charge in [0.25, 0.3) is 0 Å². The SMILES string of the molecule is CCNC(=NCc1cc(OC)c(OC)c(OC)c1)N1CCN(Cc2ccon2)CC1.I. The van der Waals surface area contributed by atoms with Crippen LogP contribution in [-0.4, -0.2) is 75.0 Å². The van der Waals surface area contributed by atoms with Crippen molar-refractivity contribution in [3.05, 3.63) is 35.7 Å². The highest BCUT2D eigenvalue weighted by Crippen LogP contribution is 2.38. The van der Waals surface area contributed by atoms with E-state index in [4.69, 9.17) is 23.7 Å². The number of hydrogen-bond acceptors (Lipinski definition) is 7. The molecule has 0 unspecified atom stereocenters. The second-order valence-electron chi connectivity index (χ2n) is 6.96. The molecule has 2 aromatic rings. The lowest BCUT2D eigenvalue weighted by Gasteiger charge is -2.36. The Labute approximate surface area is 200 Å². The number of benzene rings is 1. The van der Waals surface area contributed by atoms with Crippen LogP contribution in [0.15, 0.2) is 34.0 Å². The molecule has 2 heterocycles. The molecule has 1 saturated heterocycles. The molecule has 0 bridgehead atoms. The number of methoxy groups -OCH3 is 3. The van der Waals surface area contributed by atoms with E-state index in [0.717, 1.165) is 56.5 Å². The van der Waals surface area contributed by atoms with Crippen LogP contribution in [-0.2, 0) is 13.1 Å². The molecule has 1 N–H and O–H groups in total. The van der Waals surface area contributed by atoms with Gasteiger partial charge < -0.3 is 29.0 Å². The van der Waals surface area contributed by atoms with Crippen LogP contribution in [0.25, 0.3) is 0 Å². The van der Waals surface area contributed by atoms with Crippen LogP contribution in [0, 0.1) is 0 Å². The van der Waals surface area contributed by atoms with E-state index >= 15 is 0 Å². The molecule has 1 fully saturated rings. The van der Waals surface area contributed by atoms with Crippen LogP contribution in [0.3, 0.4) is 0 Å². The van der Waals surface area contributed by atoms with Gasteiger partial charge in [-0.25, -0.2) is 4.99 Å². The lowest BCUT2D eigenvalue weighted by atomic mass is 10.2. The third kappa shape index (κ3) is 6.63. The van der Waals surface area contributed by atoms with Gasteiger partial charge in [-0.05, 0) is 24.6 Å². The van der Waals surface area contributed by atoms with E-state index in [0.29, 0.717) is 23.8 Å². The molecular formula is C21H32IN5O4. The van der Waals surface area contributed by atoms with E-state index in [1.165, 1.54) is 0 Å². The first-order chi connectivity index (χ1) is 14.7. The average Bonchev–Trinajstić information content (AvgIpc) is 3.29. The number of hydrogen-bond donors (Lipinski definition) is 1. The molecule has 0 atom stereocenters. The highest BCUT2D eigenvalue weighted by atomic mass is 127. The predicted octanol–water partition coefficient (Wildman–Crippen LogP) is 2.60. The van der Waals surface area contributed by atoms with Gasteiger partial charge in [-0.15, -0.1) is 24.0 Å². The highest BCUT2D eigenvalue weighted by Gasteiger charge is 2.20. The molecule has 0 saturated carbocycles. The van der Waals surface area contributed by atoms with Crippen LogP contribution in [0.1, 0.15) is 18.2 Å². The fraction of sp³-hybridized carbons (Fsp3) is 0.524. The zero-order valence-electron chi connectivity index (χ0n) is 18.6. The van der Waals surface area contributed by atoms with E-state index in [1.54, 1.807) is 27.6 Å². The van der Waals surface area contributed by atoms with E-state index < -0.39 is 0 Å². The van der Waals surface area contributed by atoms with Crippen molar-refractivity contribution in [3.63, 3.8) is 0 Å². The molecule has 0 spiro atoms. The van der Waals surface area contributed by atoms with Gasteiger partial charge in [0.1, 0.15) is 6.26 Å². The highest BCUT2D eigenvalue weighted by molar-refractivity contribution is 14.0. The summed E-state index contributed by atoms with van der Waals surface area (Å²) in [5, 5.41) is 7.41. The van der Waals surface area contributed by atoms with Crippen LogP contribution < -0.4 is 19.5 Å². The summed E-state index contributed by atoms with van der Waals surface area (Å²) >= 11 is 0. The van der Waals surface area contributed by atoms with Crippen molar-refractivity contribution in [2.75, 3.05) is 54.1 Å². The van der Waals surface area contributed by atoms with Crippen molar-refractivity contribution in [3.8, 4) is 17.2 Å². The van der Waals surface area contributed by atoms with Gasteiger partial charge in [0.05, 0.1) is 33.6 Å². The largest absolute Gasteiger partial charge is 0.493 e. The fourth-order valence-electron chi connectivity index (χ4n) is 3.48. The maximum absolute atomic E-state index is 5.45. The maximum atomic E-state index is 5.45. The molecule has 1 aliphatic heterocycles. The fourth-order valence-corrected chi connectivity index (χ4v) is 3.48. The molecule has 10 heteroatoms. The Morgan fingerprint density at radius 1 is 1.10 bits per heavy atom. The lowest BCUT2D eigenvalue weighted by molar-refractivity contribution is 0.169. The van der Waals surface area contributed by atoms with E-state index in [2.05, 4.69) is 27.2 Å². The van der Waals surface area contributed by atoms with Crippen molar-refractivity contribution >= 4 is 29.9 Å². The average molecular weight is 545 g/mol. The van der Waals surface area contributed by atoms with Crippen LogP contribution in [0.4, 0.5) is 0 Å². The standard InChI is InChI=1S/C21H31N5O4.HI/c1-5-22-21(26-9-7-25(8-10-26)15-17-6-11-30-24-17)23-14-16-12-18(27-2)20(29-4)19(13-16)28-3;/h6,11-13H,5,7-10,14-15H2,1-4H3,(H,22,23);1H. The molecular weight excluding hydrogens is 513 g/mol. The topological polar surface area (TPSA) is 84.6 Å². The van der Waals surface area contributed by atoms with Gasteiger partial charge in [0, 0.05) is 45.3 Å². The normalized spacial score (nSPS) is 14.7. The molecule has 1 aromatic carbocycles. The van der Waals surface area contributed by atoms with Gasteiger partial charge >= 0.3 is 0 Å². The summed E-state index contributed by atoms with van der Waals surface area (Å²) in [4.78, 5) is 9.51. The Kier molecular flexibility index (Phi) is 10.2. The van der Waals surface area contributed by atoms with Gasteiger partial charge in [-0.3, -0.25) is 4.90 Å². The van der Waals surface area contributed by atoms with Crippen LogP contribution in [0.5, 0.6) is 17.2 Å². The molecule has 0 aliphatic carbocycles. The zero-order chi connectivity index (χ0) is 21.3. The molecule has 0 amide bonds. The minimum atomic E-state index is 0. The number of nitrogens with one attached hydrogen (secondary N) is 1. The third-order valence-electron chi connectivity index (χ3n) is 5.02. The number of ether oxygens (including phenoxy) is 3. The summed E-state index contributed by atoms with van der Waals surface area (Å²) in [6.45, 7) is 7.91. The quantitative estimate of drug-likeness (QED) is 0.308. The number of rotatable bonds is 8. The Bertz CT molecular complexity index is 798. The molecule has 1 aliphatic rings. The number of halogens is 1. The number of nitrogens with zero attached hydrogens (tertiary/aromatic N) is 4. The molecule has 3 rings (SSSR count). The van der Waals surface area contributed by atoms with E-state index in [-0.39, 0.29) is 24.0 Å². The molecule has 0 radical (unpaired) electrons. The number of aromatic nitrogens is 1. The number of guanidine groups is 1.